The molecule has 19 heavy (non-hydrogen) atoms. The van der Waals surface area contributed by atoms with E-state index in [4.69, 9.17) is 18.0 Å². The van der Waals surface area contributed by atoms with Gasteiger partial charge in [0.05, 0.1) is 22.8 Å². The van der Waals surface area contributed by atoms with E-state index in [1.54, 1.807) is 0 Å². The number of thiocarbonyl (C=S) groups is 1. The van der Waals surface area contributed by atoms with E-state index < -0.39 is 5.41 Å². The maximum absolute atomic E-state index is 12.5. The quantitative estimate of drug-likeness (QED) is 0.642. The molecular weight excluding hydrogens is 262 g/mol. The number of hydrogen-bond acceptors (Lipinski definition) is 5. The van der Waals surface area contributed by atoms with Gasteiger partial charge in [0.2, 0.25) is 11.9 Å². The molecular formula is C12H17N5OS. The van der Waals surface area contributed by atoms with Crippen molar-refractivity contribution < 1.29 is 4.79 Å². The number of hydrogen-bond donors (Lipinski definition) is 2. The van der Waals surface area contributed by atoms with E-state index in [0.29, 0.717) is 12.8 Å². The summed E-state index contributed by atoms with van der Waals surface area (Å²) in [4.78, 5) is 16.7. The fraction of sp³-hybridized carbons (Fsp3) is 0.583. The van der Waals surface area contributed by atoms with Crippen LogP contribution in [-0.2, 0) is 4.79 Å². The van der Waals surface area contributed by atoms with E-state index >= 15 is 0 Å². The third kappa shape index (κ3) is 3.04. The summed E-state index contributed by atoms with van der Waals surface area (Å²) in [6, 6.07) is 0. The van der Waals surface area contributed by atoms with Gasteiger partial charge in [-0.3, -0.25) is 10.1 Å². The second kappa shape index (κ2) is 6.01. The normalized spacial score (nSPS) is 18.3. The molecule has 1 aliphatic rings. The number of nitrogens with two attached hydrogens (primary N) is 1. The predicted molar refractivity (Wildman–Crippen MR) is 75.4 cm³/mol. The van der Waals surface area contributed by atoms with E-state index in [-0.39, 0.29) is 16.8 Å². The Bertz CT molecular complexity index is 456. The minimum atomic E-state index is -0.773. The van der Waals surface area contributed by atoms with Gasteiger partial charge in [0.1, 0.15) is 0 Å². The Hall–Kier alpha value is -1.63. The van der Waals surface area contributed by atoms with Crippen LogP contribution in [0.1, 0.15) is 38.5 Å². The lowest BCUT2D eigenvalue weighted by atomic mass is 9.79. The largest absolute Gasteiger partial charge is 0.392 e. The zero-order valence-corrected chi connectivity index (χ0v) is 11.4. The highest BCUT2D eigenvalue weighted by atomic mass is 32.1. The third-order valence-electron chi connectivity index (χ3n) is 3.57. The van der Waals surface area contributed by atoms with Crippen LogP contribution >= 0.6 is 12.2 Å². The van der Waals surface area contributed by atoms with Gasteiger partial charge >= 0.3 is 0 Å². The molecule has 0 saturated heterocycles. The van der Waals surface area contributed by atoms with Gasteiger partial charge in [0.25, 0.3) is 0 Å². The summed E-state index contributed by atoms with van der Waals surface area (Å²) >= 11 is 5.14. The Morgan fingerprint density at radius 3 is 2.47 bits per heavy atom. The Kier molecular flexibility index (Phi) is 4.36. The zero-order chi connectivity index (χ0) is 13.7. The molecule has 0 unspecified atom stereocenters. The maximum atomic E-state index is 12.5. The maximum Gasteiger partial charge on any atom is 0.249 e. The Labute approximate surface area is 117 Å². The molecule has 0 atom stereocenters. The topological polar surface area (TPSA) is 93.8 Å². The third-order valence-corrected chi connectivity index (χ3v) is 3.96. The standard InChI is InChI=1S/C12H17N5OS/c13-9(19)12(5-3-1-2-4-6-12)10(18)16-11-14-7-8-15-17-11/h7-8H,1-6H2,(H2,13,19)(H,14,16,17,18). The van der Waals surface area contributed by atoms with Gasteiger partial charge in [0, 0.05) is 0 Å². The lowest BCUT2D eigenvalue weighted by Gasteiger charge is -2.29. The highest BCUT2D eigenvalue weighted by molar-refractivity contribution is 7.80. The molecule has 102 valence electrons. The molecule has 1 amide bonds. The average molecular weight is 279 g/mol. The van der Waals surface area contributed by atoms with Gasteiger partial charge in [-0.25, -0.2) is 4.98 Å². The number of nitrogens with zero attached hydrogens (tertiary/aromatic N) is 3. The van der Waals surface area contributed by atoms with E-state index in [1.807, 2.05) is 0 Å². The molecule has 0 aliphatic heterocycles. The molecule has 6 nitrogen and oxygen atoms in total. The van der Waals surface area contributed by atoms with Gasteiger partial charge in [0.15, 0.2) is 0 Å². The lowest BCUT2D eigenvalue weighted by molar-refractivity contribution is -0.122. The van der Waals surface area contributed by atoms with Gasteiger partial charge < -0.3 is 5.73 Å². The fourth-order valence-electron chi connectivity index (χ4n) is 2.44. The molecule has 1 aliphatic carbocycles. The number of amides is 1. The van der Waals surface area contributed by atoms with Crippen LogP contribution in [0, 0.1) is 5.41 Å². The van der Waals surface area contributed by atoms with Crippen LogP contribution in [0.5, 0.6) is 0 Å². The molecule has 7 heteroatoms. The van der Waals surface area contributed by atoms with E-state index in [1.165, 1.54) is 12.4 Å². The number of carbonyl (C=O) groups excluding carboxylic acids is 1. The number of anilines is 1. The van der Waals surface area contributed by atoms with Crippen molar-refractivity contribution in [3.05, 3.63) is 12.4 Å². The molecule has 2 rings (SSSR count). The van der Waals surface area contributed by atoms with Crippen molar-refractivity contribution in [3.63, 3.8) is 0 Å². The van der Waals surface area contributed by atoms with E-state index in [9.17, 15) is 4.79 Å². The summed E-state index contributed by atoms with van der Waals surface area (Å²) in [5.74, 6) is -0.0257. The minimum Gasteiger partial charge on any atom is -0.392 e. The highest BCUT2D eigenvalue weighted by Gasteiger charge is 2.41. The second-order valence-corrected chi connectivity index (χ2v) is 5.22. The Balaban J connectivity index is 2.19. The Morgan fingerprint density at radius 1 is 1.26 bits per heavy atom. The Morgan fingerprint density at radius 2 is 1.95 bits per heavy atom. The summed E-state index contributed by atoms with van der Waals surface area (Å²) in [6.07, 6.45) is 8.44. The van der Waals surface area contributed by atoms with Crippen LogP contribution in [0.4, 0.5) is 5.95 Å². The van der Waals surface area contributed by atoms with Crippen molar-refractivity contribution in [2.75, 3.05) is 5.32 Å². The monoisotopic (exact) mass is 279 g/mol. The first-order valence-electron chi connectivity index (χ1n) is 6.40. The predicted octanol–water partition coefficient (Wildman–Crippen LogP) is 1.44. The van der Waals surface area contributed by atoms with Crippen LogP contribution in [0.25, 0.3) is 0 Å². The van der Waals surface area contributed by atoms with Crippen molar-refractivity contribution >= 4 is 29.1 Å². The first-order valence-corrected chi connectivity index (χ1v) is 6.81. The molecule has 1 fully saturated rings. The first kappa shape index (κ1) is 13.8. The zero-order valence-electron chi connectivity index (χ0n) is 10.6. The summed E-state index contributed by atoms with van der Waals surface area (Å²) in [5, 5.41) is 10.1. The summed E-state index contributed by atoms with van der Waals surface area (Å²) in [7, 11) is 0. The van der Waals surface area contributed by atoms with Crippen LogP contribution < -0.4 is 11.1 Å². The molecule has 0 radical (unpaired) electrons. The van der Waals surface area contributed by atoms with E-state index in [2.05, 4.69) is 20.5 Å². The van der Waals surface area contributed by atoms with Gasteiger partial charge in [-0.2, -0.15) is 5.10 Å². The molecule has 1 aromatic heterocycles. The van der Waals surface area contributed by atoms with Crippen molar-refractivity contribution in [2.24, 2.45) is 11.1 Å². The molecule has 0 bridgehead atoms. The van der Waals surface area contributed by atoms with Gasteiger partial charge in [-0.1, -0.05) is 37.9 Å². The van der Waals surface area contributed by atoms with Gasteiger partial charge in [-0.15, -0.1) is 5.10 Å². The summed E-state index contributed by atoms with van der Waals surface area (Å²) in [6.45, 7) is 0. The molecule has 0 spiro atoms. The molecule has 1 saturated carbocycles. The molecule has 0 aromatic carbocycles. The number of carbonyl (C=O) groups is 1. The number of nitrogens with one attached hydrogen (secondary N) is 1. The average Bonchev–Trinajstić information content (AvgIpc) is 2.66. The molecule has 1 aromatic rings. The smallest absolute Gasteiger partial charge is 0.249 e. The van der Waals surface area contributed by atoms with Crippen molar-refractivity contribution in [1.82, 2.24) is 15.2 Å². The van der Waals surface area contributed by atoms with Crippen molar-refractivity contribution in [3.8, 4) is 0 Å². The summed E-state index contributed by atoms with van der Waals surface area (Å²) < 4.78 is 0. The SMILES string of the molecule is NC(=S)C1(C(=O)Nc2nccnn2)CCCCCC1. The van der Waals surface area contributed by atoms with Crippen LogP contribution in [-0.4, -0.2) is 26.1 Å². The lowest BCUT2D eigenvalue weighted by Crippen LogP contribution is -2.46. The van der Waals surface area contributed by atoms with E-state index in [0.717, 1.165) is 25.7 Å². The van der Waals surface area contributed by atoms with Gasteiger partial charge in [-0.05, 0) is 12.8 Å². The van der Waals surface area contributed by atoms with Crippen molar-refractivity contribution in [1.29, 1.82) is 0 Å². The van der Waals surface area contributed by atoms with Crippen LogP contribution in [0.3, 0.4) is 0 Å². The van der Waals surface area contributed by atoms with Crippen LogP contribution in [0.2, 0.25) is 0 Å². The molecule has 3 N–H and O–H groups in total. The number of aromatic nitrogens is 3. The van der Waals surface area contributed by atoms with Crippen LogP contribution in [0.15, 0.2) is 12.4 Å². The first-order chi connectivity index (χ1) is 9.15. The minimum absolute atomic E-state index is 0.187. The number of rotatable bonds is 3. The second-order valence-electron chi connectivity index (χ2n) is 4.78. The fourth-order valence-corrected chi connectivity index (χ4v) is 2.74. The molecule has 1 heterocycles. The van der Waals surface area contributed by atoms with Crippen molar-refractivity contribution in [2.45, 2.75) is 38.5 Å². The summed E-state index contributed by atoms with van der Waals surface area (Å²) in [5.41, 5.74) is 5.07. The highest BCUT2D eigenvalue weighted by Crippen LogP contribution is 2.36.